The first-order chi connectivity index (χ1) is 6.02. The third-order valence-corrected chi connectivity index (χ3v) is 2.05. The summed E-state index contributed by atoms with van der Waals surface area (Å²) in [6, 6.07) is 0. The van der Waals surface area contributed by atoms with Gasteiger partial charge in [-0.2, -0.15) is 0 Å². The summed E-state index contributed by atoms with van der Waals surface area (Å²) in [5.41, 5.74) is 5.24. The summed E-state index contributed by atoms with van der Waals surface area (Å²) in [5.74, 6) is 0.262. The van der Waals surface area contributed by atoms with Crippen molar-refractivity contribution < 1.29 is 9.94 Å². The fraction of sp³-hybridized carbons (Fsp3) is 0.889. The van der Waals surface area contributed by atoms with Crippen molar-refractivity contribution in [2.24, 2.45) is 10.9 Å². The molecule has 0 saturated carbocycles. The summed E-state index contributed by atoms with van der Waals surface area (Å²) in [6.07, 6.45) is 2.35. The van der Waals surface area contributed by atoms with Crippen molar-refractivity contribution in [3.05, 3.63) is 0 Å². The van der Waals surface area contributed by atoms with Gasteiger partial charge in [-0.15, -0.1) is 0 Å². The predicted octanol–water partition coefficient (Wildman–Crippen LogP) is 1.72. The monoisotopic (exact) mass is 188 g/mol. The Morgan fingerprint density at radius 2 is 2.15 bits per heavy atom. The first kappa shape index (κ1) is 12.2. The van der Waals surface area contributed by atoms with E-state index in [4.69, 9.17) is 15.7 Å². The fourth-order valence-corrected chi connectivity index (χ4v) is 0.754. The van der Waals surface area contributed by atoms with E-state index in [1.54, 1.807) is 0 Å². The Balaban J connectivity index is 3.46. The van der Waals surface area contributed by atoms with Crippen molar-refractivity contribution in [3.8, 4) is 0 Å². The topological polar surface area (TPSA) is 67.8 Å². The maximum absolute atomic E-state index is 8.26. The van der Waals surface area contributed by atoms with Gasteiger partial charge in [-0.1, -0.05) is 12.1 Å². The predicted molar refractivity (Wildman–Crippen MR) is 53.0 cm³/mol. The van der Waals surface area contributed by atoms with E-state index >= 15 is 0 Å². The smallest absolute Gasteiger partial charge is 0.139 e. The van der Waals surface area contributed by atoms with E-state index in [0.29, 0.717) is 13.0 Å². The molecule has 0 atom stereocenters. The second kappa shape index (κ2) is 5.80. The van der Waals surface area contributed by atoms with Crippen LogP contribution in [0.3, 0.4) is 0 Å². The van der Waals surface area contributed by atoms with Gasteiger partial charge in [0, 0.05) is 13.0 Å². The average Bonchev–Trinajstić information content (AvgIpc) is 2.12. The Hall–Kier alpha value is -0.770. The molecule has 4 heteroatoms. The minimum Gasteiger partial charge on any atom is -0.409 e. The second-order valence-corrected chi connectivity index (χ2v) is 3.66. The number of oxime groups is 1. The van der Waals surface area contributed by atoms with E-state index in [-0.39, 0.29) is 11.4 Å². The van der Waals surface area contributed by atoms with Crippen molar-refractivity contribution >= 4 is 5.84 Å². The summed E-state index contributed by atoms with van der Waals surface area (Å²) in [6.45, 7) is 6.84. The lowest BCUT2D eigenvalue weighted by molar-refractivity contribution is -0.0204. The van der Waals surface area contributed by atoms with Crippen molar-refractivity contribution in [1.29, 1.82) is 0 Å². The molecule has 13 heavy (non-hydrogen) atoms. The molecule has 3 N–H and O–H groups in total. The molecule has 0 aromatic heterocycles. The van der Waals surface area contributed by atoms with Crippen LogP contribution in [0.15, 0.2) is 5.16 Å². The van der Waals surface area contributed by atoms with Gasteiger partial charge in [-0.05, 0) is 26.7 Å². The zero-order chi connectivity index (χ0) is 10.3. The molecule has 0 aliphatic carbocycles. The maximum Gasteiger partial charge on any atom is 0.139 e. The highest BCUT2D eigenvalue weighted by molar-refractivity contribution is 5.79. The Labute approximate surface area is 79.8 Å². The van der Waals surface area contributed by atoms with Crippen LogP contribution in [0.1, 0.15) is 40.0 Å². The molecule has 0 aliphatic heterocycles. The van der Waals surface area contributed by atoms with Crippen LogP contribution >= 0.6 is 0 Å². The highest BCUT2D eigenvalue weighted by Gasteiger charge is 2.14. The first-order valence-corrected chi connectivity index (χ1v) is 4.62. The van der Waals surface area contributed by atoms with Gasteiger partial charge < -0.3 is 15.7 Å². The number of ether oxygens (including phenoxy) is 1. The fourth-order valence-electron chi connectivity index (χ4n) is 0.754. The van der Waals surface area contributed by atoms with E-state index in [2.05, 4.69) is 25.9 Å². The molecule has 0 fully saturated rings. The summed E-state index contributed by atoms with van der Waals surface area (Å²) in [7, 11) is 0. The lowest BCUT2D eigenvalue weighted by Gasteiger charge is -2.23. The lowest BCUT2D eigenvalue weighted by Crippen LogP contribution is -2.24. The minimum absolute atomic E-state index is 0.0644. The van der Waals surface area contributed by atoms with E-state index < -0.39 is 0 Å². The van der Waals surface area contributed by atoms with Gasteiger partial charge in [0.2, 0.25) is 0 Å². The normalized spacial score (nSPS) is 13.3. The van der Waals surface area contributed by atoms with Gasteiger partial charge >= 0.3 is 0 Å². The zero-order valence-electron chi connectivity index (χ0n) is 8.71. The molecule has 0 aliphatic rings. The van der Waals surface area contributed by atoms with Crippen molar-refractivity contribution in [2.75, 3.05) is 6.61 Å². The maximum atomic E-state index is 8.26. The third kappa shape index (κ3) is 6.40. The quantitative estimate of drug-likeness (QED) is 0.219. The van der Waals surface area contributed by atoms with Gasteiger partial charge in [0.25, 0.3) is 0 Å². The van der Waals surface area contributed by atoms with Gasteiger partial charge in [0.05, 0.1) is 5.60 Å². The number of nitrogens with zero attached hydrogens (tertiary/aromatic N) is 1. The number of amidine groups is 1. The number of rotatable bonds is 6. The van der Waals surface area contributed by atoms with Crippen LogP contribution in [-0.2, 0) is 4.74 Å². The largest absolute Gasteiger partial charge is 0.409 e. The Bertz CT molecular complexity index is 167. The van der Waals surface area contributed by atoms with Crippen molar-refractivity contribution in [3.63, 3.8) is 0 Å². The van der Waals surface area contributed by atoms with Crippen LogP contribution in [0, 0.1) is 0 Å². The van der Waals surface area contributed by atoms with Crippen LogP contribution in [-0.4, -0.2) is 23.3 Å². The molecule has 0 aromatic carbocycles. The molecule has 4 nitrogen and oxygen atoms in total. The minimum atomic E-state index is -0.0644. The van der Waals surface area contributed by atoms with Crippen molar-refractivity contribution in [2.45, 2.75) is 45.6 Å². The Kier molecular flexibility index (Phi) is 5.46. The molecule has 0 radical (unpaired) electrons. The molecule has 0 heterocycles. The summed E-state index contributed by atoms with van der Waals surface area (Å²) >= 11 is 0. The number of hydrogen-bond donors (Lipinski definition) is 2. The molecular formula is C9H20N2O2. The molecule has 0 spiro atoms. The summed E-state index contributed by atoms with van der Waals surface area (Å²) < 4.78 is 5.58. The molecule has 0 rings (SSSR count). The first-order valence-electron chi connectivity index (χ1n) is 4.62. The van der Waals surface area contributed by atoms with Crippen molar-refractivity contribution in [1.82, 2.24) is 0 Å². The molecule has 78 valence electrons. The number of hydrogen-bond acceptors (Lipinski definition) is 3. The molecule has 0 bridgehead atoms. The van der Waals surface area contributed by atoms with Crippen LogP contribution in [0.5, 0.6) is 0 Å². The SMILES string of the molecule is CCC(C)(C)OCCC/C(N)=N/O. The lowest BCUT2D eigenvalue weighted by atomic mass is 10.1. The summed E-state index contributed by atoms with van der Waals surface area (Å²) in [4.78, 5) is 0. The van der Waals surface area contributed by atoms with Crippen LogP contribution in [0.2, 0.25) is 0 Å². The van der Waals surface area contributed by atoms with Gasteiger partial charge in [-0.3, -0.25) is 0 Å². The second-order valence-electron chi connectivity index (χ2n) is 3.66. The molecular weight excluding hydrogens is 168 g/mol. The van der Waals surface area contributed by atoms with E-state index in [1.165, 1.54) is 0 Å². The van der Waals surface area contributed by atoms with Crippen LogP contribution in [0.25, 0.3) is 0 Å². The van der Waals surface area contributed by atoms with Crippen LogP contribution < -0.4 is 5.73 Å². The van der Waals surface area contributed by atoms with Crippen LogP contribution in [0.4, 0.5) is 0 Å². The number of nitrogens with two attached hydrogens (primary N) is 1. The Morgan fingerprint density at radius 3 is 2.62 bits per heavy atom. The zero-order valence-corrected chi connectivity index (χ0v) is 8.71. The van der Waals surface area contributed by atoms with E-state index in [9.17, 15) is 0 Å². The average molecular weight is 188 g/mol. The molecule has 0 saturated heterocycles. The van der Waals surface area contributed by atoms with E-state index in [0.717, 1.165) is 12.8 Å². The Morgan fingerprint density at radius 1 is 1.54 bits per heavy atom. The standard InChI is InChI=1S/C9H20N2O2/c1-4-9(2,3)13-7-5-6-8(10)11-12/h12H,4-7H2,1-3H3,(H2,10,11). The third-order valence-electron chi connectivity index (χ3n) is 2.05. The highest BCUT2D eigenvalue weighted by Crippen LogP contribution is 2.13. The summed E-state index contributed by atoms with van der Waals surface area (Å²) in [5, 5.41) is 11.1. The molecule has 0 amide bonds. The van der Waals surface area contributed by atoms with Gasteiger partial charge in [-0.25, -0.2) is 0 Å². The van der Waals surface area contributed by atoms with E-state index in [1.807, 2.05) is 0 Å². The molecule has 0 unspecified atom stereocenters. The van der Waals surface area contributed by atoms with Gasteiger partial charge in [0.1, 0.15) is 5.84 Å². The molecule has 0 aromatic rings. The highest BCUT2D eigenvalue weighted by atomic mass is 16.5. The van der Waals surface area contributed by atoms with Gasteiger partial charge in [0.15, 0.2) is 0 Å².